The number of benzene rings is 2. The van der Waals surface area contributed by atoms with Crippen molar-refractivity contribution in [3.8, 4) is 5.75 Å². The van der Waals surface area contributed by atoms with Gasteiger partial charge in [0.2, 0.25) is 0 Å². The third-order valence-electron chi connectivity index (χ3n) is 3.73. The SMILES string of the molecule is O=C(COc1ccc(Br)cc1F)N(Cc1ccccn1)c1ccc(Br)cc1. The molecule has 0 bridgehead atoms. The van der Waals surface area contributed by atoms with E-state index >= 15 is 0 Å². The standard InChI is InChI=1S/C20H15Br2FN2O2/c21-14-4-7-17(8-5-14)25(12-16-3-1-2-10-24-16)20(26)13-27-19-9-6-15(22)11-18(19)23/h1-11H,12-13H2. The van der Waals surface area contributed by atoms with E-state index in [0.29, 0.717) is 10.2 Å². The van der Waals surface area contributed by atoms with Gasteiger partial charge in [-0.15, -0.1) is 0 Å². The second-order valence-electron chi connectivity index (χ2n) is 5.64. The van der Waals surface area contributed by atoms with Gasteiger partial charge in [-0.1, -0.05) is 37.9 Å². The highest BCUT2D eigenvalue weighted by Crippen LogP contribution is 2.23. The number of aromatic nitrogens is 1. The van der Waals surface area contributed by atoms with Gasteiger partial charge in [-0.05, 0) is 54.6 Å². The number of ether oxygens (including phenoxy) is 1. The minimum absolute atomic E-state index is 0.0279. The number of halogens is 3. The van der Waals surface area contributed by atoms with Gasteiger partial charge in [0.05, 0.1) is 12.2 Å². The number of nitrogens with zero attached hydrogens (tertiary/aromatic N) is 2. The van der Waals surface area contributed by atoms with Crippen LogP contribution in [0.4, 0.5) is 10.1 Å². The van der Waals surface area contributed by atoms with Crippen LogP contribution in [-0.4, -0.2) is 17.5 Å². The Kier molecular flexibility index (Phi) is 6.58. The molecule has 0 aliphatic carbocycles. The van der Waals surface area contributed by atoms with Gasteiger partial charge in [-0.25, -0.2) is 4.39 Å². The molecule has 0 saturated heterocycles. The Labute approximate surface area is 173 Å². The third kappa shape index (κ3) is 5.37. The number of pyridine rings is 1. The van der Waals surface area contributed by atoms with E-state index in [1.54, 1.807) is 17.2 Å². The number of carbonyl (C=O) groups excluding carboxylic acids is 1. The van der Waals surface area contributed by atoms with Gasteiger partial charge >= 0.3 is 0 Å². The lowest BCUT2D eigenvalue weighted by Gasteiger charge is -2.23. The fourth-order valence-electron chi connectivity index (χ4n) is 2.41. The van der Waals surface area contributed by atoms with E-state index in [4.69, 9.17) is 4.74 Å². The summed E-state index contributed by atoms with van der Waals surface area (Å²) in [4.78, 5) is 18.7. The van der Waals surface area contributed by atoms with Crippen LogP contribution in [0.5, 0.6) is 5.75 Å². The molecule has 27 heavy (non-hydrogen) atoms. The van der Waals surface area contributed by atoms with Crippen LogP contribution < -0.4 is 9.64 Å². The normalized spacial score (nSPS) is 10.5. The molecule has 2 aromatic carbocycles. The summed E-state index contributed by atoms with van der Waals surface area (Å²) < 4.78 is 20.8. The topological polar surface area (TPSA) is 42.4 Å². The zero-order valence-corrected chi connectivity index (χ0v) is 17.3. The van der Waals surface area contributed by atoms with Gasteiger partial charge in [0.25, 0.3) is 5.91 Å². The zero-order chi connectivity index (χ0) is 19.2. The molecule has 0 fully saturated rings. The van der Waals surface area contributed by atoms with E-state index < -0.39 is 5.82 Å². The summed E-state index contributed by atoms with van der Waals surface area (Å²) >= 11 is 6.58. The lowest BCUT2D eigenvalue weighted by atomic mass is 10.2. The van der Waals surface area contributed by atoms with Crippen LogP contribution in [0, 0.1) is 5.82 Å². The van der Waals surface area contributed by atoms with E-state index in [-0.39, 0.29) is 24.8 Å². The van der Waals surface area contributed by atoms with Gasteiger partial charge in [0.1, 0.15) is 0 Å². The summed E-state index contributed by atoms with van der Waals surface area (Å²) in [5.74, 6) is -0.803. The first-order valence-electron chi connectivity index (χ1n) is 8.06. The van der Waals surface area contributed by atoms with Gasteiger partial charge in [-0.2, -0.15) is 0 Å². The molecule has 0 aliphatic heterocycles. The number of carbonyl (C=O) groups is 1. The fourth-order valence-corrected chi connectivity index (χ4v) is 3.01. The second kappa shape index (κ2) is 9.10. The molecular formula is C20H15Br2FN2O2. The molecule has 1 aromatic heterocycles. The monoisotopic (exact) mass is 492 g/mol. The summed E-state index contributed by atoms with van der Waals surface area (Å²) in [6.45, 7) is -0.00502. The molecule has 0 unspecified atom stereocenters. The lowest BCUT2D eigenvalue weighted by Crippen LogP contribution is -2.34. The summed E-state index contributed by atoms with van der Waals surface area (Å²) in [5.41, 5.74) is 1.44. The number of anilines is 1. The van der Waals surface area contributed by atoms with Gasteiger partial charge in [0.15, 0.2) is 18.2 Å². The van der Waals surface area contributed by atoms with Crippen LogP contribution in [0.25, 0.3) is 0 Å². The average molecular weight is 494 g/mol. The van der Waals surface area contributed by atoms with Crippen LogP contribution in [0.3, 0.4) is 0 Å². The summed E-state index contributed by atoms with van der Waals surface area (Å²) in [5, 5.41) is 0. The van der Waals surface area contributed by atoms with E-state index in [2.05, 4.69) is 36.8 Å². The van der Waals surface area contributed by atoms with Crippen molar-refractivity contribution < 1.29 is 13.9 Å². The van der Waals surface area contributed by atoms with Crippen LogP contribution in [0.2, 0.25) is 0 Å². The average Bonchev–Trinajstić information content (AvgIpc) is 2.67. The Bertz CT molecular complexity index is 921. The first-order chi connectivity index (χ1) is 13.0. The van der Waals surface area contributed by atoms with Crippen molar-refractivity contribution in [2.75, 3.05) is 11.5 Å². The molecule has 0 aliphatic rings. The quantitative estimate of drug-likeness (QED) is 0.464. The van der Waals surface area contributed by atoms with Crippen molar-refractivity contribution >= 4 is 43.5 Å². The van der Waals surface area contributed by atoms with Crippen molar-refractivity contribution in [1.29, 1.82) is 0 Å². The summed E-state index contributed by atoms with van der Waals surface area (Å²) in [6.07, 6.45) is 1.67. The molecule has 0 spiro atoms. The maximum absolute atomic E-state index is 13.9. The van der Waals surface area contributed by atoms with Crippen molar-refractivity contribution in [1.82, 2.24) is 4.98 Å². The molecule has 7 heteroatoms. The molecule has 138 valence electrons. The van der Waals surface area contributed by atoms with Gasteiger partial charge < -0.3 is 9.64 Å². The third-order valence-corrected chi connectivity index (χ3v) is 4.75. The van der Waals surface area contributed by atoms with Crippen LogP contribution in [-0.2, 0) is 11.3 Å². The Balaban J connectivity index is 1.78. The van der Waals surface area contributed by atoms with Gasteiger partial charge in [0, 0.05) is 20.8 Å². The fraction of sp³-hybridized carbons (Fsp3) is 0.100. The number of hydrogen-bond acceptors (Lipinski definition) is 3. The minimum Gasteiger partial charge on any atom is -0.481 e. The second-order valence-corrected chi connectivity index (χ2v) is 7.47. The van der Waals surface area contributed by atoms with E-state index in [9.17, 15) is 9.18 Å². The van der Waals surface area contributed by atoms with E-state index in [0.717, 1.165) is 10.2 Å². The predicted molar refractivity (Wildman–Crippen MR) is 109 cm³/mol. The molecule has 0 N–H and O–H groups in total. The van der Waals surface area contributed by atoms with E-state index in [1.807, 2.05) is 42.5 Å². The molecule has 0 saturated carbocycles. The molecular weight excluding hydrogens is 479 g/mol. The molecule has 4 nitrogen and oxygen atoms in total. The van der Waals surface area contributed by atoms with Crippen molar-refractivity contribution in [2.45, 2.75) is 6.54 Å². The number of rotatable bonds is 6. The minimum atomic E-state index is -0.530. The van der Waals surface area contributed by atoms with Crippen molar-refractivity contribution in [3.05, 3.63) is 87.3 Å². The highest BCUT2D eigenvalue weighted by molar-refractivity contribution is 9.10. The first-order valence-corrected chi connectivity index (χ1v) is 9.65. The van der Waals surface area contributed by atoms with Gasteiger partial charge in [-0.3, -0.25) is 9.78 Å². The Morgan fingerprint density at radius 1 is 1.04 bits per heavy atom. The zero-order valence-electron chi connectivity index (χ0n) is 14.1. The maximum Gasteiger partial charge on any atom is 0.265 e. The first kappa shape index (κ1) is 19.5. The number of hydrogen-bond donors (Lipinski definition) is 0. The summed E-state index contributed by atoms with van der Waals surface area (Å²) in [7, 11) is 0. The predicted octanol–water partition coefficient (Wildman–Crippen LogP) is 5.36. The highest BCUT2D eigenvalue weighted by atomic mass is 79.9. The summed E-state index contributed by atoms with van der Waals surface area (Å²) in [6, 6.07) is 17.3. The Hall–Kier alpha value is -2.25. The Morgan fingerprint density at radius 3 is 2.44 bits per heavy atom. The molecule has 0 radical (unpaired) electrons. The smallest absolute Gasteiger partial charge is 0.265 e. The van der Waals surface area contributed by atoms with Crippen LogP contribution >= 0.6 is 31.9 Å². The maximum atomic E-state index is 13.9. The molecule has 1 heterocycles. The van der Waals surface area contributed by atoms with Crippen molar-refractivity contribution in [2.24, 2.45) is 0 Å². The molecule has 1 amide bonds. The lowest BCUT2D eigenvalue weighted by molar-refractivity contribution is -0.120. The Morgan fingerprint density at radius 2 is 1.78 bits per heavy atom. The number of amides is 1. The molecule has 0 atom stereocenters. The van der Waals surface area contributed by atoms with Crippen molar-refractivity contribution in [3.63, 3.8) is 0 Å². The van der Waals surface area contributed by atoms with Crippen LogP contribution in [0.1, 0.15) is 5.69 Å². The molecule has 3 aromatic rings. The van der Waals surface area contributed by atoms with E-state index in [1.165, 1.54) is 12.1 Å². The largest absolute Gasteiger partial charge is 0.481 e. The molecule has 3 rings (SSSR count). The highest BCUT2D eigenvalue weighted by Gasteiger charge is 2.18. The van der Waals surface area contributed by atoms with Crippen LogP contribution in [0.15, 0.2) is 75.8 Å².